The number of carbonyl (C=O) groups excluding carboxylic acids is 1. The van der Waals surface area contributed by atoms with Crippen molar-refractivity contribution in [3.05, 3.63) is 46.9 Å². The maximum Gasteiger partial charge on any atom is 0.439 e. The summed E-state index contributed by atoms with van der Waals surface area (Å²) in [7, 11) is 3.90. The van der Waals surface area contributed by atoms with Gasteiger partial charge in [-0.15, -0.1) is 0 Å². The van der Waals surface area contributed by atoms with Crippen molar-refractivity contribution < 1.29 is 14.1 Å². The Morgan fingerprint density at radius 3 is 2.73 bits per heavy atom. The van der Waals surface area contributed by atoms with Crippen molar-refractivity contribution in [1.29, 1.82) is 0 Å². The third-order valence-corrected chi connectivity index (χ3v) is 3.78. The number of ether oxygens (including phenoxy) is 1. The van der Waals surface area contributed by atoms with Gasteiger partial charge in [0.05, 0.1) is 0 Å². The number of hydrogen-bond donors (Lipinski definition) is 2. The van der Waals surface area contributed by atoms with Gasteiger partial charge in [-0.2, -0.15) is 0 Å². The minimum Gasteiger partial charge on any atom is -0.484 e. The molecule has 0 saturated carbocycles. The van der Waals surface area contributed by atoms with Crippen molar-refractivity contribution in [3.63, 3.8) is 0 Å². The normalized spacial score (nSPS) is 11.0. The molecule has 26 heavy (non-hydrogen) atoms. The number of benzene rings is 2. The maximum absolute atomic E-state index is 11.8. The molecular formula is C18H20N4O4. The van der Waals surface area contributed by atoms with E-state index in [1.165, 1.54) is 0 Å². The van der Waals surface area contributed by atoms with E-state index in [1.54, 1.807) is 6.07 Å². The van der Waals surface area contributed by atoms with Crippen molar-refractivity contribution >= 4 is 16.7 Å². The highest BCUT2D eigenvalue weighted by atomic mass is 16.5. The van der Waals surface area contributed by atoms with Crippen LogP contribution in [0, 0.1) is 0 Å². The van der Waals surface area contributed by atoms with Crippen LogP contribution in [0.1, 0.15) is 0 Å². The molecule has 0 saturated heterocycles. The number of rotatable bonds is 7. The van der Waals surface area contributed by atoms with Crippen LogP contribution in [0.5, 0.6) is 5.75 Å². The molecule has 3 aromatic rings. The molecule has 1 aromatic heterocycles. The van der Waals surface area contributed by atoms with Crippen LogP contribution in [0.4, 0.5) is 0 Å². The van der Waals surface area contributed by atoms with Gasteiger partial charge in [0.25, 0.3) is 5.91 Å². The summed E-state index contributed by atoms with van der Waals surface area (Å²) in [6.45, 7) is 1.33. The monoisotopic (exact) mass is 356 g/mol. The molecule has 0 bridgehead atoms. The van der Waals surface area contributed by atoms with Crippen molar-refractivity contribution in [2.24, 2.45) is 0 Å². The number of amides is 1. The van der Waals surface area contributed by atoms with Gasteiger partial charge in [0, 0.05) is 18.7 Å². The predicted octanol–water partition coefficient (Wildman–Crippen LogP) is 1.24. The minimum absolute atomic E-state index is 0.0306. The Hall–Kier alpha value is -3.13. The molecule has 0 spiro atoms. The van der Waals surface area contributed by atoms with E-state index in [-0.39, 0.29) is 12.5 Å². The lowest BCUT2D eigenvalue weighted by molar-refractivity contribution is -0.123. The fraction of sp³-hybridized carbons (Fsp3) is 0.278. The smallest absolute Gasteiger partial charge is 0.439 e. The Balaban J connectivity index is 1.64. The van der Waals surface area contributed by atoms with Crippen LogP contribution in [0.2, 0.25) is 0 Å². The van der Waals surface area contributed by atoms with E-state index in [0.29, 0.717) is 18.1 Å². The van der Waals surface area contributed by atoms with Gasteiger partial charge in [-0.05, 0) is 43.1 Å². The summed E-state index contributed by atoms with van der Waals surface area (Å²) in [6.07, 6.45) is 0. The molecule has 136 valence electrons. The first-order valence-corrected chi connectivity index (χ1v) is 8.16. The second-order valence-corrected chi connectivity index (χ2v) is 6.11. The van der Waals surface area contributed by atoms with E-state index in [1.807, 2.05) is 49.3 Å². The van der Waals surface area contributed by atoms with Gasteiger partial charge in [0.2, 0.25) is 0 Å². The summed E-state index contributed by atoms with van der Waals surface area (Å²) in [6, 6.07) is 11.1. The number of carbonyl (C=O) groups is 1. The zero-order valence-corrected chi connectivity index (χ0v) is 14.6. The largest absolute Gasteiger partial charge is 0.484 e. The summed E-state index contributed by atoms with van der Waals surface area (Å²) >= 11 is 0. The van der Waals surface area contributed by atoms with E-state index in [4.69, 9.17) is 4.74 Å². The molecule has 8 nitrogen and oxygen atoms in total. The summed E-state index contributed by atoms with van der Waals surface area (Å²) in [5.41, 5.74) is 0.747. The first-order valence-electron chi connectivity index (χ1n) is 8.16. The molecule has 2 N–H and O–H groups in total. The zero-order chi connectivity index (χ0) is 18.5. The van der Waals surface area contributed by atoms with Crippen LogP contribution < -0.4 is 15.8 Å². The number of aromatic amines is 1. The fourth-order valence-electron chi connectivity index (χ4n) is 2.43. The third-order valence-electron chi connectivity index (χ3n) is 3.78. The van der Waals surface area contributed by atoms with E-state index in [9.17, 15) is 9.59 Å². The number of fused-ring (bicyclic) bond motifs is 1. The molecule has 2 aromatic carbocycles. The number of hydrogen-bond acceptors (Lipinski definition) is 6. The highest BCUT2D eigenvalue weighted by molar-refractivity contribution is 5.87. The van der Waals surface area contributed by atoms with Crippen molar-refractivity contribution in [1.82, 2.24) is 20.4 Å². The van der Waals surface area contributed by atoms with Crippen LogP contribution in [0.15, 0.2) is 45.7 Å². The molecule has 0 aliphatic carbocycles. The predicted molar refractivity (Wildman–Crippen MR) is 97.1 cm³/mol. The molecule has 0 fully saturated rings. The van der Waals surface area contributed by atoms with Crippen LogP contribution in [-0.4, -0.2) is 54.7 Å². The van der Waals surface area contributed by atoms with Gasteiger partial charge in [-0.1, -0.05) is 23.4 Å². The van der Waals surface area contributed by atoms with Gasteiger partial charge in [0.15, 0.2) is 12.4 Å². The summed E-state index contributed by atoms with van der Waals surface area (Å²) in [5, 5.41) is 8.38. The van der Waals surface area contributed by atoms with Crippen molar-refractivity contribution in [3.8, 4) is 17.1 Å². The van der Waals surface area contributed by atoms with Crippen LogP contribution in [0.3, 0.4) is 0 Å². The first kappa shape index (κ1) is 17.7. The second kappa shape index (κ2) is 7.83. The highest BCUT2D eigenvalue weighted by Gasteiger charge is 2.07. The average molecular weight is 356 g/mol. The SMILES string of the molecule is CN(C)CCNC(=O)COc1ccc2cc(-c3noc(=O)[nH]3)ccc2c1. The molecule has 0 aliphatic heterocycles. The van der Waals surface area contributed by atoms with Crippen molar-refractivity contribution in [2.75, 3.05) is 33.8 Å². The molecule has 0 radical (unpaired) electrons. The van der Waals surface area contributed by atoms with Crippen LogP contribution in [0.25, 0.3) is 22.2 Å². The lowest BCUT2D eigenvalue weighted by Crippen LogP contribution is -2.34. The summed E-state index contributed by atoms with van der Waals surface area (Å²) in [4.78, 5) is 27.3. The number of aromatic nitrogens is 2. The molecule has 1 heterocycles. The van der Waals surface area contributed by atoms with Gasteiger partial charge in [0.1, 0.15) is 5.75 Å². The number of nitrogens with one attached hydrogen (secondary N) is 2. The first-order chi connectivity index (χ1) is 12.5. The van der Waals surface area contributed by atoms with Gasteiger partial charge >= 0.3 is 5.76 Å². The fourth-order valence-corrected chi connectivity index (χ4v) is 2.43. The van der Waals surface area contributed by atoms with Gasteiger partial charge < -0.3 is 15.0 Å². The Bertz CT molecular complexity index is 961. The number of H-pyrrole nitrogens is 1. The topological polar surface area (TPSA) is 100 Å². The Morgan fingerprint density at radius 2 is 2.00 bits per heavy atom. The average Bonchev–Trinajstić information content (AvgIpc) is 3.05. The quantitative estimate of drug-likeness (QED) is 0.661. The van der Waals surface area contributed by atoms with E-state index >= 15 is 0 Å². The minimum atomic E-state index is -0.590. The molecule has 0 unspecified atom stereocenters. The van der Waals surface area contributed by atoms with Crippen molar-refractivity contribution in [2.45, 2.75) is 0 Å². The highest BCUT2D eigenvalue weighted by Crippen LogP contribution is 2.25. The number of nitrogens with zero attached hydrogens (tertiary/aromatic N) is 2. The second-order valence-electron chi connectivity index (χ2n) is 6.11. The molecule has 8 heteroatoms. The Labute approximate surface area is 149 Å². The lowest BCUT2D eigenvalue weighted by Gasteiger charge is -2.11. The van der Waals surface area contributed by atoms with Crippen LogP contribution >= 0.6 is 0 Å². The van der Waals surface area contributed by atoms with Crippen LogP contribution in [-0.2, 0) is 4.79 Å². The molecule has 0 atom stereocenters. The maximum atomic E-state index is 11.8. The molecule has 1 amide bonds. The lowest BCUT2D eigenvalue weighted by atomic mass is 10.1. The van der Waals surface area contributed by atoms with Gasteiger partial charge in [-0.25, -0.2) is 4.79 Å². The van der Waals surface area contributed by atoms with E-state index < -0.39 is 5.76 Å². The van der Waals surface area contributed by atoms with Gasteiger partial charge in [-0.3, -0.25) is 14.3 Å². The zero-order valence-electron chi connectivity index (χ0n) is 14.6. The Kier molecular flexibility index (Phi) is 5.33. The molecular weight excluding hydrogens is 336 g/mol. The summed E-state index contributed by atoms with van der Waals surface area (Å²) < 4.78 is 10.1. The molecule has 0 aliphatic rings. The standard InChI is InChI=1S/C18H20N4O4/c1-22(2)8-7-19-16(23)11-25-15-6-5-12-9-14(4-3-13(12)10-15)17-20-18(24)26-21-17/h3-6,9-10H,7-8,11H2,1-2H3,(H,19,23)(H,20,21,24). The third kappa shape index (κ3) is 4.48. The molecule has 3 rings (SSSR count). The summed E-state index contributed by atoms with van der Waals surface area (Å²) in [5.74, 6) is 0.249. The number of likely N-dealkylation sites (N-methyl/N-ethyl adjacent to an activating group) is 1. The van der Waals surface area contributed by atoms with E-state index in [2.05, 4.69) is 20.0 Å². The Morgan fingerprint density at radius 1 is 1.23 bits per heavy atom. The van der Waals surface area contributed by atoms with E-state index in [0.717, 1.165) is 22.9 Å².